The number of amides is 2. The number of nitrogens with one attached hydrogen (secondary N) is 3. The van der Waals surface area contributed by atoms with Crippen LogP contribution >= 0.6 is 23.2 Å². The van der Waals surface area contributed by atoms with Gasteiger partial charge in [-0.05, 0) is 31.9 Å². The highest BCUT2D eigenvalue weighted by molar-refractivity contribution is 6.39. The second-order valence-corrected chi connectivity index (χ2v) is 12.3. The lowest BCUT2D eigenvalue weighted by molar-refractivity contribution is -0.119. The highest BCUT2D eigenvalue weighted by Gasteiger charge is 2.37. The minimum atomic E-state index is -1.19. The summed E-state index contributed by atoms with van der Waals surface area (Å²) < 4.78 is 11.6. The first-order valence-electron chi connectivity index (χ1n) is 15.1. The Morgan fingerprint density at radius 2 is 1.91 bits per heavy atom. The number of ether oxygens (including phenoxy) is 2. The van der Waals surface area contributed by atoms with Crippen molar-refractivity contribution in [3.8, 4) is 11.1 Å². The van der Waals surface area contributed by atoms with E-state index in [0.717, 1.165) is 17.6 Å². The van der Waals surface area contributed by atoms with Crippen molar-refractivity contribution in [1.82, 2.24) is 15.6 Å². The largest absolute Gasteiger partial charge is 0.481 e. The van der Waals surface area contributed by atoms with Crippen LogP contribution in [0.1, 0.15) is 31.7 Å². The van der Waals surface area contributed by atoms with E-state index in [1.54, 1.807) is 39.5 Å². The van der Waals surface area contributed by atoms with E-state index < -0.39 is 12.1 Å². The molecule has 2 aliphatic heterocycles. The molecule has 0 saturated carbocycles. The lowest BCUT2D eigenvalue weighted by Crippen LogP contribution is -2.46. The topological polar surface area (TPSA) is 137 Å². The molecule has 1 fully saturated rings. The number of hydrazone groups is 1. The monoisotopic (exact) mass is 680 g/mol. The zero-order chi connectivity index (χ0) is 33.8. The molecule has 2 aromatic carbocycles. The van der Waals surface area contributed by atoms with Crippen LogP contribution in [0.25, 0.3) is 16.8 Å². The van der Waals surface area contributed by atoms with E-state index in [-0.39, 0.29) is 34.7 Å². The zero-order valence-corrected chi connectivity index (χ0v) is 28.2. The maximum absolute atomic E-state index is 13.0. The number of likely N-dealkylation sites (N-methyl/N-ethyl adjacent to an activating group) is 1. The fraction of sp³-hybridized carbons (Fsp3) is 0.353. The van der Waals surface area contributed by atoms with Crippen molar-refractivity contribution in [2.24, 2.45) is 10.1 Å². The average molecular weight is 682 g/mol. The Kier molecular flexibility index (Phi) is 10.8. The number of methoxy groups -OCH3 is 2. The molecule has 4 N–H and O–H groups in total. The number of nitrogens with zero attached hydrogens (tertiary/aromatic N) is 3. The third-order valence-corrected chi connectivity index (χ3v) is 9.34. The van der Waals surface area contributed by atoms with Crippen molar-refractivity contribution in [2.75, 3.05) is 33.1 Å². The molecule has 5 rings (SSSR count). The summed E-state index contributed by atoms with van der Waals surface area (Å²) in [5.74, 6) is -0.0671. The maximum atomic E-state index is 13.0. The Balaban J connectivity index is 1.40. The van der Waals surface area contributed by atoms with E-state index in [0.29, 0.717) is 58.4 Å². The third kappa shape index (κ3) is 7.29. The molecule has 0 spiro atoms. The SMILES string of the molecule is C=C(/N=C(/OC)C1=C(C)C[C@H](OC)[C@@H]1NC[C@@H]1CCC(=O)N1)c1cccc(-c2cccc(NC(=O)C3=CC=NN(C)C3O)c2Cl)c1Cl. The smallest absolute Gasteiger partial charge is 0.256 e. The van der Waals surface area contributed by atoms with Gasteiger partial charge in [0.05, 0.1) is 46.3 Å². The number of rotatable bonds is 10. The standard InChI is InChI=1S/C34H38Cl2N6O5/c1-18-16-26(46-4)31(37-17-20-12-13-27(43)40-20)28(18)33(47-5)39-19(2)21-8-6-9-22(29(21)35)23-10-7-11-25(30(23)36)41-32(44)24-14-15-38-42(3)34(24)45/h6-11,14-15,20,26,31,34,37,45H,2,12-13,16-17H2,1,3-5H3,(H,40,43)(H,41,44)/b39-33+/t20-,26-,31-,34?/m0/s1. The Hall–Kier alpha value is -4.00. The summed E-state index contributed by atoms with van der Waals surface area (Å²) in [6, 6.07) is 10.5. The maximum Gasteiger partial charge on any atom is 0.256 e. The van der Waals surface area contributed by atoms with Crippen LogP contribution in [0.3, 0.4) is 0 Å². The summed E-state index contributed by atoms with van der Waals surface area (Å²) in [6.07, 6.45) is 3.55. The molecule has 2 amide bonds. The first kappa shape index (κ1) is 34.3. The van der Waals surface area contributed by atoms with Crippen LogP contribution in [-0.2, 0) is 19.1 Å². The Labute approximate surface area is 284 Å². The van der Waals surface area contributed by atoms with E-state index >= 15 is 0 Å². The number of aliphatic imine (C=N–C) groups is 1. The summed E-state index contributed by atoms with van der Waals surface area (Å²) in [4.78, 5) is 29.5. The van der Waals surface area contributed by atoms with Crippen molar-refractivity contribution in [3.05, 3.63) is 81.4 Å². The van der Waals surface area contributed by atoms with Gasteiger partial charge in [0.2, 0.25) is 11.8 Å². The van der Waals surface area contributed by atoms with Crippen LogP contribution in [0, 0.1) is 0 Å². The van der Waals surface area contributed by atoms with Crippen molar-refractivity contribution in [3.63, 3.8) is 0 Å². The molecule has 0 aromatic heterocycles. The van der Waals surface area contributed by atoms with E-state index in [1.165, 1.54) is 17.3 Å². The molecule has 2 heterocycles. The molecule has 1 saturated heterocycles. The highest BCUT2D eigenvalue weighted by atomic mass is 35.5. The first-order chi connectivity index (χ1) is 22.5. The van der Waals surface area contributed by atoms with Crippen molar-refractivity contribution >= 4 is 58.5 Å². The van der Waals surface area contributed by atoms with Crippen LogP contribution in [0.4, 0.5) is 5.69 Å². The zero-order valence-electron chi connectivity index (χ0n) is 26.6. The first-order valence-corrected chi connectivity index (χ1v) is 15.9. The molecule has 47 heavy (non-hydrogen) atoms. The molecule has 4 atom stereocenters. The average Bonchev–Trinajstić information content (AvgIpc) is 3.62. The van der Waals surface area contributed by atoms with Crippen molar-refractivity contribution in [2.45, 2.75) is 50.6 Å². The summed E-state index contributed by atoms with van der Waals surface area (Å²) >= 11 is 13.8. The lowest BCUT2D eigenvalue weighted by Gasteiger charge is -2.25. The third-order valence-electron chi connectivity index (χ3n) is 8.53. The lowest BCUT2D eigenvalue weighted by atomic mass is 10.0. The summed E-state index contributed by atoms with van der Waals surface area (Å²) in [5, 5.41) is 25.6. The van der Waals surface area contributed by atoms with Gasteiger partial charge in [0.1, 0.15) is 0 Å². The quantitative estimate of drug-likeness (QED) is 0.210. The normalized spacial score (nSPS) is 22.8. The number of carbonyl (C=O) groups is 2. The number of halogens is 2. The van der Waals surface area contributed by atoms with Gasteiger partial charge in [-0.15, -0.1) is 0 Å². The number of hydrogen-bond acceptors (Lipinski definition) is 9. The van der Waals surface area contributed by atoms with E-state index in [2.05, 4.69) is 27.6 Å². The number of allylic oxidation sites excluding steroid dienone is 1. The second kappa shape index (κ2) is 14.8. The van der Waals surface area contributed by atoms with Gasteiger partial charge >= 0.3 is 0 Å². The van der Waals surface area contributed by atoms with Crippen molar-refractivity contribution < 1.29 is 24.2 Å². The van der Waals surface area contributed by atoms with Crippen molar-refractivity contribution in [1.29, 1.82) is 0 Å². The second-order valence-electron chi connectivity index (χ2n) is 11.6. The van der Waals surface area contributed by atoms with Crippen LogP contribution in [0.2, 0.25) is 10.0 Å². The van der Waals surface area contributed by atoms with Gasteiger partial charge < -0.3 is 30.5 Å². The van der Waals surface area contributed by atoms with Gasteiger partial charge in [-0.3, -0.25) is 14.6 Å². The fourth-order valence-electron chi connectivity index (χ4n) is 6.00. The predicted octanol–water partition coefficient (Wildman–Crippen LogP) is 4.76. The van der Waals surface area contributed by atoms with E-state index in [4.69, 9.17) is 37.7 Å². The van der Waals surface area contributed by atoms with Crippen LogP contribution in [-0.4, -0.2) is 86.3 Å². The molecule has 13 heteroatoms. The van der Waals surface area contributed by atoms with Gasteiger partial charge in [0, 0.05) is 61.6 Å². The molecule has 11 nitrogen and oxygen atoms in total. The van der Waals surface area contributed by atoms with Crippen LogP contribution in [0.15, 0.2) is 75.9 Å². The summed E-state index contributed by atoms with van der Waals surface area (Å²) in [6.45, 7) is 6.83. The highest BCUT2D eigenvalue weighted by Crippen LogP contribution is 2.41. The molecule has 1 aliphatic carbocycles. The molecular formula is C34H38Cl2N6O5. The minimum Gasteiger partial charge on any atom is -0.481 e. The molecule has 248 valence electrons. The number of benzene rings is 2. The minimum absolute atomic E-state index is 0.0485. The number of anilines is 1. The molecule has 0 bridgehead atoms. The molecule has 1 unspecified atom stereocenters. The van der Waals surface area contributed by atoms with Crippen LogP contribution < -0.4 is 16.0 Å². The Morgan fingerprint density at radius 1 is 1.19 bits per heavy atom. The number of aliphatic hydroxyl groups is 1. The van der Waals surface area contributed by atoms with Crippen LogP contribution in [0.5, 0.6) is 0 Å². The molecular weight excluding hydrogens is 643 g/mol. The molecule has 0 radical (unpaired) electrons. The molecule has 3 aliphatic rings. The Bertz CT molecular complexity index is 1700. The Morgan fingerprint density at radius 3 is 2.60 bits per heavy atom. The number of aliphatic hydroxyl groups excluding tert-OH is 1. The fourth-order valence-corrected chi connectivity index (χ4v) is 6.62. The van der Waals surface area contributed by atoms with Gasteiger partial charge in [-0.25, -0.2) is 4.99 Å². The van der Waals surface area contributed by atoms with Gasteiger partial charge in [0.25, 0.3) is 5.91 Å². The summed E-state index contributed by atoms with van der Waals surface area (Å²) in [7, 11) is 4.80. The predicted molar refractivity (Wildman–Crippen MR) is 185 cm³/mol. The van der Waals surface area contributed by atoms with E-state index in [9.17, 15) is 14.7 Å². The number of hydrogen-bond donors (Lipinski definition) is 4. The van der Waals surface area contributed by atoms with Gasteiger partial charge in [-0.2, -0.15) is 5.10 Å². The summed E-state index contributed by atoms with van der Waals surface area (Å²) in [5.41, 5.74) is 4.55. The number of carbonyl (C=O) groups excluding carboxylic acids is 2. The van der Waals surface area contributed by atoms with Gasteiger partial charge in [-0.1, -0.05) is 65.7 Å². The van der Waals surface area contributed by atoms with Gasteiger partial charge in [0.15, 0.2) is 6.23 Å². The van der Waals surface area contributed by atoms with E-state index in [1.807, 2.05) is 25.1 Å². The molecule has 2 aromatic rings.